The molecule has 0 spiro atoms. The molecule has 0 aromatic heterocycles. The van der Waals surface area contributed by atoms with Gasteiger partial charge in [0, 0.05) is 38.8 Å². The lowest BCUT2D eigenvalue weighted by molar-refractivity contribution is 0.0546. The summed E-state index contributed by atoms with van der Waals surface area (Å²) in [6.45, 7) is 5.47. The van der Waals surface area contributed by atoms with Crippen LogP contribution in [0.15, 0.2) is 54.6 Å². The van der Waals surface area contributed by atoms with E-state index in [4.69, 9.17) is 4.74 Å². The molecule has 0 radical (unpaired) electrons. The van der Waals surface area contributed by atoms with E-state index in [2.05, 4.69) is 58.3 Å². The minimum absolute atomic E-state index is 0.257. The first kappa shape index (κ1) is 19.9. The zero-order chi connectivity index (χ0) is 18.9. The molecule has 0 aliphatic carbocycles. The van der Waals surface area contributed by atoms with Gasteiger partial charge in [0.25, 0.3) is 0 Å². The van der Waals surface area contributed by atoms with Crippen LogP contribution in [0.1, 0.15) is 24.0 Å². The zero-order valence-electron chi connectivity index (χ0n) is 16.4. The van der Waals surface area contributed by atoms with Crippen LogP contribution in [-0.2, 0) is 13.0 Å². The molecule has 0 saturated carbocycles. The van der Waals surface area contributed by atoms with Crippen molar-refractivity contribution in [1.82, 2.24) is 9.80 Å². The van der Waals surface area contributed by atoms with Crippen molar-refractivity contribution in [1.29, 1.82) is 0 Å². The van der Waals surface area contributed by atoms with Crippen molar-refractivity contribution in [2.75, 3.05) is 39.9 Å². The molecule has 2 aromatic carbocycles. The molecule has 1 aliphatic heterocycles. The number of benzene rings is 2. The van der Waals surface area contributed by atoms with Gasteiger partial charge in [0.2, 0.25) is 0 Å². The Labute approximate surface area is 163 Å². The van der Waals surface area contributed by atoms with Crippen LogP contribution in [0.4, 0.5) is 0 Å². The predicted octanol–water partition coefficient (Wildman–Crippen LogP) is 3.20. The number of nitrogens with zero attached hydrogens (tertiary/aromatic N) is 2. The lowest BCUT2D eigenvalue weighted by atomic mass is 10.1. The van der Waals surface area contributed by atoms with E-state index in [0.717, 1.165) is 51.3 Å². The maximum atomic E-state index is 9.52. The van der Waals surface area contributed by atoms with E-state index >= 15 is 0 Å². The molecule has 27 heavy (non-hydrogen) atoms. The minimum atomic E-state index is 0.257. The van der Waals surface area contributed by atoms with Crippen molar-refractivity contribution < 1.29 is 9.84 Å². The molecule has 1 aliphatic rings. The number of rotatable bonds is 9. The summed E-state index contributed by atoms with van der Waals surface area (Å²) in [7, 11) is 1.71. The molecule has 2 aromatic rings. The molecule has 3 rings (SSSR count). The largest absolute Gasteiger partial charge is 0.497 e. The van der Waals surface area contributed by atoms with Gasteiger partial charge >= 0.3 is 0 Å². The minimum Gasteiger partial charge on any atom is -0.497 e. The smallest absolute Gasteiger partial charge is 0.119 e. The third-order valence-corrected chi connectivity index (χ3v) is 5.45. The van der Waals surface area contributed by atoms with Gasteiger partial charge in [-0.05, 0) is 49.1 Å². The van der Waals surface area contributed by atoms with E-state index in [1.54, 1.807) is 7.11 Å². The molecule has 1 atom stereocenters. The van der Waals surface area contributed by atoms with E-state index in [-0.39, 0.29) is 6.61 Å². The standard InChI is InChI=1S/C23H32N2O2/c1-27-23-11-5-9-21(17-23)18-24-14-15-25(22(19-24)12-16-26)13-6-10-20-7-3-2-4-8-20/h2-5,7-9,11,17,22,26H,6,10,12-16,18-19H2,1H3. The summed E-state index contributed by atoms with van der Waals surface area (Å²) in [5, 5.41) is 9.52. The lowest BCUT2D eigenvalue weighted by Crippen LogP contribution is -2.53. The molecular weight excluding hydrogens is 336 g/mol. The highest BCUT2D eigenvalue weighted by Gasteiger charge is 2.26. The summed E-state index contributed by atoms with van der Waals surface area (Å²) in [5.41, 5.74) is 2.70. The SMILES string of the molecule is COc1cccc(CN2CCN(CCCc3ccccc3)C(CCO)C2)c1. The normalized spacial score (nSPS) is 18.5. The van der Waals surface area contributed by atoms with Crippen LogP contribution < -0.4 is 4.74 Å². The van der Waals surface area contributed by atoms with Gasteiger partial charge in [-0.25, -0.2) is 0 Å². The van der Waals surface area contributed by atoms with Crippen LogP contribution >= 0.6 is 0 Å². The molecule has 1 saturated heterocycles. The number of ether oxygens (including phenoxy) is 1. The van der Waals surface area contributed by atoms with Crippen LogP contribution in [0.25, 0.3) is 0 Å². The maximum absolute atomic E-state index is 9.52. The van der Waals surface area contributed by atoms with Crippen LogP contribution in [0.3, 0.4) is 0 Å². The van der Waals surface area contributed by atoms with Gasteiger partial charge in [-0.3, -0.25) is 9.80 Å². The molecule has 1 heterocycles. The van der Waals surface area contributed by atoms with Crippen molar-refractivity contribution in [2.24, 2.45) is 0 Å². The first-order chi connectivity index (χ1) is 13.3. The fourth-order valence-corrected chi connectivity index (χ4v) is 3.98. The Morgan fingerprint density at radius 3 is 2.63 bits per heavy atom. The predicted molar refractivity (Wildman–Crippen MR) is 110 cm³/mol. The molecular formula is C23H32N2O2. The number of hydrogen-bond donors (Lipinski definition) is 1. The number of aliphatic hydroxyl groups is 1. The summed E-state index contributed by atoms with van der Waals surface area (Å²) >= 11 is 0. The molecule has 4 heteroatoms. The number of aryl methyl sites for hydroxylation is 1. The van der Waals surface area contributed by atoms with Gasteiger partial charge in [-0.15, -0.1) is 0 Å². The number of aliphatic hydroxyl groups excluding tert-OH is 1. The zero-order valence-corrected chi connectivity index (χ0v) is 16.4. The first-order valence-electron chi connectivity index (χ1n) is 10.0. The Morgan fingerprint density at radius 2 is 1.85 bits per heavy atom. The molecule has 0 bridgehead atoms. The van der Waals surface area contributed by atoms with Crippen LogP contribution in [0.2, 0.25) is 0 Å². The second kappa shape index (κ2) is 10.5. The van der Waals surface area contributed by atoms with Gasteiger partial charge in [0.1, 0.15) is 5.75 Å². The quantitative estimate of drug-likeness (QED) is 0.737. The second-order valence-electron chi connectivity index (χ2n) is 7.38. The van der Waals surface area contributed by atoms with E-state index in [1.807, 2.05) is 6.07 Å². The Balaban J connectivity index is 1.51. The highest BCUT2D eigenvalue weighted by molar-refractivity contribution is 5.28. The number of methoxy groups -OCH3 is 1. The van der Waals surface area contributed by atoms with E-state index in [9.17, 15) is 5.11 Å². The van der Waals surface area contributed by atoms with Crippen molar-refractivity contribution >= 4 is 0 Å². The lowest BCUT2D eigenvalue weighted by Gasteiger charge is -2.41. The molecule has 4 nitrogen and oxygen atoms in total. The van der Waals surface area contributed by atoms with Crippen molar-refractivity contribution in [3.8, 4) is 5.75 Å². The monoisotopic (exact) mass is 368 g/mol. The van der Waals surface area contributed by atoms with Crippen LogP contribution in [0, 0.1) is 0 Å². The van der Waals surface area contributed by atoms with Gasteiger partial charge in [0.05, 0.1) is 7.11 Å². The van der Waals surface area contributed by atoms with Crippen molar-refractivity contribution in [2.45, 2.75) is 31.8 Å². The molecule has 0 amide bonds. The first-order valence-corrected chi connectivity index (χ1v) is 10.0. The summed E-state index contributed by atoms with van der Waals surface area (Å²) < 4.78 is 5.34. The fourth-order valence-electron chi connectivity index (χ4n) is 3.98. The average Bonchev–Trinajstić information content (AvgIpc) is 2.71. The molecule has 146 valence electrons. The Hall–Kier alpha value is -1.88. The second-order valence-corrected chi connectivity index (χ2v) is 7.38. The molecule has 1 fully saturated rings. The Bertz CT molecular complexity index is 677. The van der Waals surface area contributed by atoms with Gasteiger partial charge < -0.3 is 9.84 Å². The highest BCUT2D eigenvalue weighted by Crippen LogP contribution is 2.19. The summed E-state index contributed by atoms with van der Waals surface area (Å²) in [4.78, 5) is 5.07. The van der Waals surface area contributed by atoms with Crippen molar-refractivity contribution in [3.63, 3.8) is 0 Å². The van der Waals surface area contributed by atoms with E-state index in [0.29, 0.717) is 6.04 Å². The van der Waals surface area contributed by atoms with Gasteiger partial charge in [0.15, 0.2) is 0 Å². The summed E-state index contributed by atoms with van der Waals surface area (Å²) in [6, 6.07) is 19.5. The van der Waals surface area contributed by atoms with E-state index in [1.165, 1.54) is 17.5 Å². The van der Waals surface area contributed by atoms with E-state index < -0.39 is 0 Å². The molecule has 1 N–H and O–H groups in total. The van der Waals surface area contributed by atoms with Crippen LogP contribution in [0.5, 0.6) is 5.75 Å². The third kappa shape index (κ3) is 6.06. The average molecular weight is 369 g/mol. The van der Waals surface area contributed by atoms with Gasteiger partial charge in [-0.1, -0.05) is 42.5 Å². The summed E-state index contributed by atoms with van der Waals surface area (Å²) in [5.74, 6) is 0.916. The number of hydrogen-bond acceptors (Lipinski definition) is 4. The Kier molecular flexibility index (Phi) is 7.69. The van der Waals surface area contributed by atoms with Crippen molar-refractivity contribution in [3.05, 3.63) is 65.7 Å². The van der Waals surface area contributed by atoms with Gasteiger partial charge in [-0.2, -0.15) is 0 Å². The fraction of sp³-hybridized carbons (Fsp3) is 0.478. The summed E-state index contributed by atoms with van der Waals surface area (Å²) in [6.07, 6.45) is 3.14. The third-order valence-electron chi connectivity index (χ3n) is 5.45. The topological polar surface area (TPSA) is 35.9 Å². The Morgan fingerprint density at radius 1 is 1.04 bits per heavy atom. The number of piperazine rings is 1. The highest BCUT2D eigenvalue weighted by atomic mass is 16.5. The van der Waals surface area contributed by atoms with Crippen LogP contribution in [-0.4, -0.2) is 60.8 Å². The maximum Gasteiger partial charge on any atom is 0.119 e. The molecule has 1 unspecified atom stereocenters.